The topological polar surface area (TPSA) is 75.4 Å². The fraction of sp³-hybridized carbons (Fsp3) is 0.421. The standard InChI is InChI=1S/C19H22FN3O3/c1-12(24)21-16-7-4-8-23(19(25)17-11-26-13(2)22-17)18(16)10-14-5-3-6-15(20)9-14/h3,5-6,9,11,16,18H,4,7-8,10H2,1-2H3,(H,21,24)/t16-,18-/m0/s1. The molecule has 0 aliphatic carbocycles. The van der Waals surface area contributed by atoms with Crippen LogP contribution in [-0.4, -0.2) is 40.3 Å². The summed E-state index contributed by atoms with van der Waals surface area (Å²) in [6, 6.07) is 5.85. The van der Waals surface area contributed by atoms with Crippen molar-refractivity contribution in [2.45, 2.75) is 45.2 Å². The summed E-state index contributed by atoms with van der Waals surface area (Å²) in [4.78, 5) is 30.4. The summed E-state index contributed by atoms with van der Waals surface area (Å²) in [5.74, 6) is -0.283. The zero-order chi connectivity index (χ0) is 18.7. The predicted octanol–water partition coefficient (Wildman–Crippen LogP) is 2.47. The van der Waals surface area contributed by atoms with Crippen LogP contribution in [-0.2, 0) is 11.2 Å². The zero-order valence-electron chi connectivity index (χ0n) is 14.9. The van der Waals surface area contributed by atoms with Crippen LogP contribution in [0.4, 0.5) is 4.39 Å². The second kappa shape index (κ2) is 7.68. The number of carbonyl (C=O) groups is 2. The molecule has 138 valence electrons. The smallest absolute Gasteiger partial charge is 0.276 e. The minimum absolute atomic E-state index is 0.147. The van der Waals surface area contributed by atoms with E-state index in [9.17, 15) is 14.0 Å². The number of carbonyl (C=O) groups excluding carboxylic acids is 2. The SMILES string of the molecule is CC(=O)N[C@H]1CCCN(C(=O)c2coc(C)n2)[C@H]1Cc1cccc(F)c1. The molecular weight excluding hydrogens is 337 g/mol. The van der Waals surface area contributed by atoms with Gasteiger partial charge in [-0.05, 0) is 37.0 Å². The minimum Gasteiger partial charge on any atom is -0.448 e. The van der Waals surface area contributed by atoms with Crippen LogP contribution < -0.4 is 5.32 Å². The van der Waals surface area contributed by atoms with Gasteiger partial charge in [0, 0.05) is 26.4 Å². The van der Waals surface area contributed by atoms with E-state index in [1.807, 2.05) is 6.07 Å². The third kappa shape index (κ3) is 4.09. The number of rotatable bonds is 4. The van der Waals surface area contributed by atoms with Crippen LogP contribution in [0.25, 0.3) is 0 Å². The fourth-order valence-corrected chi connectivity index (χ4v) is 3.51. The van der Waals surface area contributed by atoms with Crippen molar-refractivity contribution in [2.75, 3.05) is 6.54 Å². The molecule has 0 saturated carbocycles. The number of halogens is 1. The maximum Gasteiger partial charge on any atom is 0.276 e. The van der Waals surface area contributed by atoms with Gasteiger partial charge in [-0.3, -0.25) is 9.59 Å². The van der Waals surface area contributed by atoms with Gasteiger partial charge >= 0.3 is 0 Å². The zero-order valence-corrected chi connectivity index (χ0v) is 14.9. The van der Waals surface area contributed by atoms with E-state index in [1.165, 1.54) is 25.3 Å². The van der Waals surface area contributed by atoms with Crippen molar-refractivity contribution in [1.29, 1.82) is 0 Å². The second-order valence-corrected chi connectivity index (χ2v) is 6.60. The molecule has 1 fully saturated rings. The molecule has 0 bridgehead atoms. The first kappa shape index (κ1) is 18.1. The molecule has 2 atom stereocenters. The summed E-state index contributed by atoms with van der Waals surface area (Å²) in [6.07, 6.45) is 3.33. The Morgan fingerprint density at radius 3 is 2.88 bits per heavy atom. The van der Waals surface area contributed by atoms with E-state index in [0.717, 1.165) is 18.4 Å². The van der Waals surface area contributed by atoms with Crippen LogP contribution in [0.15, 0.2) is 34.9 Å². The van der Waals surface area contributed by atoms with Crippen molar-refractivity contribution >= 4 is 11.8 Å². The molecule has 1 saturated heterocycles. The highest BCUT2D eigenvalue weighted by atomic mass is 19.1. The molecule has 1 aliphatic rings. The van der Waals surface area contributed by atoms with Gasteiger partial charge in [0.25, 0.3) is 5.91 Å². The van der Waals surface area contributed by atoms with E-state index < -0.39 is 0 Å². The molecule has 2 aromatic rings. The molecule has 6 nitrogen and oxygen atoms in total. The average molecular weight is 359 g/mol. The Kier molecular flexibility index (Phi) is 5.35. The lowest BCUT2D eigenvalue weighted by molar-refractivity contribution is -0.120. The lowest BCUT2D eigenvalue weighted by Crippen LogP contribution is -2.57. The van der Waals surface area contributed by atoms with Crippen molar-refractivity contribution < 1.29 is 18.4 Å². The molecule has 2 amide bonds. The molecule has 26 heavy (non-hydrogen) atoms. The third-order valence-corrected chi connectivity index (χ3v) is 4.60. The molecule has 1 N–H and O–H groups in total. The molecule has 7 heteroatoms. The van der Waals surface area contributed by atoms with Gasteiger partial charge < -0.3 is 14.6 Å². The van der Waals surface area contributed by atoms with Gasteiger partial charge in [0.2, 0.25) is 5.91 Å². The molecule has 0 spiro atoms. The highest BCUT2D eigenvalue weighted by molar-refractivity contribution is 5.92. The Bertz CT molecular complexity index is 805. The molecule has 1 aromatic carbocycles. The first-order valence-corrected chi connectivity index (χ1v) is 8.68. The number of oxazole rings is 1. The summed E-state index contributed by atoms with van der Waals surface area (Å²) in [5.41, 5.74) is 1.02. The number of nitrogens with zero attached hydrogens (tertiary/aromatic N) is 2. The average Bonchev–Trinajstić information content (AvgIpc) is 3.02. The number of benzene rings is 1. The largest absolute Gasteiger partial charge is 0.448 e. The van der Waals surface area contributed by atoms with Gasteiger partial charge in [-0.1, -0.05) is 12.1 Å². The van der Waals surface area contributed by atoms with Crippen LogP contribution in [0, 0.1) is 12.7 Å². The maximum absolute atomic E-state index is 13.6. The molecule has 1 aliphatic heterocycles. The van der Waals surface area contributed by atoms with Gasteiger partial charge in [0.05, 0.1) is 6.04 Å². The van der Waals surface area contributed by atoms with Gasteiger partial charge in [-0.2, -0.15) is 0 Å². The van der Waals surface area contributed by atoms with Crippen LogP contribution in [0.3, 0.4) is 0 Å². The van der Waals surface area contributed by atoms with E-state index in [4.69, 9.17) is 4.42 Å². The molecule has 0 radical (unpaired) electrons. The minimum atomic E-state index is -0.320. The molecular formula is C19H22FN3O3. The molecule has 2 heterocycles. The number of aromatic nitrogens is 1. The summed E-state index contributed by atoms with van der Waals surface area (Å²) >= 11 is 0. The lowest BCUT2D eigenvalue weighted by Gasteiger charge is -2.41. The van der Waals surface area contributed by atoms with Crippen LogP contribution in [0.2, 0.25) is 0 Å². The third-order valence-electron chi connectivity index (χ3n) is 4.60. The number of hydrogen-bond donors (Lipinski definition) is 1. The Morgan fingerprint density at radius 1 is 1.42 bits per heavy atom. The highest BCUT2D eigenvalue weighted by Gasteiger charge is 2.36. The number of hydrogen-bond acceptors (Lipinski definition) is 4. The Labute approximate surface area is 151 Å². The van der Waals surface area contributed by atoms with Crippen LogP contribution in [0.5, 0.6) is 0 Å². The normalized spacial score (nSPS) is 20.0. The second-order valence-electron chi connectivity index (χ2n) is 6.60. The molecule has 1 aromatic heterocycles. The number of piperidine rings is 1. The van der Waals surface area contributed by atoms with Crippen molar-refractivity contribution in [1.82, 2.24) is 15.2 Å². The van der Waals surface area contributed by atoms with E-state index in [2.05, 4.69) is 10.3 Å². The summed E-state index contributed by atoms with van der Waals surface area (Å²) < 4.78 is 18.7. The Balaban J connectivity index is 1.89. The Hall–Kier alpha value is -2.70. The number of amides is 2. The fourth-order valence-electron chi connectivity index (χ4n) is 3.51. The van der Waals surface area contributed by atoms with Gasteiger partial charge in [-0.15, -0.1) is 0 Å². The Morgan fingerprint density at radius 2 is 2.23 bits per heavy atom. The van der Waals surface area contributed by atoms with E-state index in [0.29, 0.717) is 18.9 Å². The van der Waals surface area contributed by atoms with Gasteiger partial charge in [-0.25, -0.2) is 9.37 Å². The van der Waals surface area contributed by atoms with Crippen LogP contribution in [0.1, 0.15) is 41.7 Å². The van der Waals surface area contributed by atoms with Gasteiger partial charge in [0.1, 0.15) is 12.1 Å². The monoisotopic (exact) mass is 359 g/mol. The van der Waals surface area contributed by atoms with Crippen molar-refractivity contribution in [3.05, 3.63) is 53.5 Å². The number of nitrogens with one attached hydrogen (secondary N) is 1. The number of aryl methyl sites for hydroxylation is 1. The first-order chi connectivity index (χ1) is 12.4. The summed E-state index contributed by atoms with van der Waals surface area (Å²) in [5, 5.41) is 2.94. The summed E-state index contributed by atoms with van der Waals surface area (Å²) in [7, 11) is 0. The van der Waals surface area contributed by atoms with E-state index in [1.54, 1.807) is 17.9 Å². The van der Waals surface area contributed by atoms with Gasteiger partial charge in [0.15, 0.2) is 11.6 Å². The van der Waals surface area contributed by atoms with E-state index >= 15 is 0 Å². The highest BCUT2D eigenvalue weighted by Crippen LogP contribution is 2.24. The number of likely N-dealkylation sites (tertiary alicyclic amines) is 1. The van der Waals surface area contributed by atoms with Crippen molar-refractivity contribution in [3.63, 3.8) is 0 Å². The lowest BCUT2D eigenvalue weighted by atomic mass is 9.90. The molecule has 0 unspecified atom stereocenters. The van der Waals surface area contributed by atoms with Crippen molar-refractivity contribution in [3.8, 4) is 0 Å². The maximum atomic E-state index is 13.6. The van der Waals surface area contributed by atoms with Crippen LogP contribution >= 0.6 is 0 Å². The first-order valence-electron chi connectivity index (χ1n) is 8.68. The quantitative estimate of drug-likeness (QED) is 0.910. The van der Waals surface area contributed by atoms with E-state index in [-0.39, 0.29) is 35.4 Å². The molecule has 3 rings (SSSR count). The summed E-state index contributed by atoms with van der Waals surface area (Å²) in [6.45, 7) is 3.69. The van der Waals surface area contributed by atoms with Crippen molar-refractivity contribution in [2.24, 2.45) is 0 Å². The predicted molar refractivity (Wildman–Crippen MR) is 93.0 cm³/mol.